The van der Waals surface area contributed by atoms with E-state index in [1.807, 2.05) is 44.2 Å². The van der Waals surface area contributed by atoms with Crippen LogP contribution in [0.1, 0.15) is 20.3 Å². The number of benzene rings is 1. The zero-order chi connectivity index (χ0) is 13.5. The number of anilines is 1. The zero-order valence-corrected chi connectivity index (χ0v) is 10.8. The van der Waals surface area contributed by atoms with E-state index in [1.54, 1.807) is 4.90 Å². The van der Waals surface area contributed by atoms with Gasteiger partial charge in [-0.2, -0.15) is 5.26 Å². The lowest BCUT2D eigenvalue weighted by Gasteiger charge is -2.26. The molecule has 0 aromatic heterocycles. The number of nitrogens with zero attached hydrogens (tertiary/aromatic N) is 2. The van der Waals surface area contributed by atoms with Crippen molar-refractivity contribution in [1.82, 2.24) is 0 Å². The molecule has 0 bridgehead atoms. The summed E-state index contributed by atoms with van der Waals surface area (Å²) in [5.41, 5.74) is 6.68. The Morgan fingerprint density at radius 3 is 2.50 bits per heavy atom. The van der Waals surface area contributed by atoms with Crippen LogP contribution < -0.4 is 10.6 Å². The molecule has 0 saturated heterocycles. The molecule has 4 nitrogen and oxygen atoms in total. The molecule has 0 unspecified atom stereocenters. The summed E-state index contributed by atoms with van der Waals surface area (Å²) in [4.78, 5) is 13.9. The lowest BCUT2D eigenvalue weighted by molar-refractivity contribution is -0.120. The number of hydrogen-bond acceptors (Lipinski definition) is 3. The van der Waals surface area contributed by atoms with Gasteiger partial charge < -0.3 is 10.6 Å². The maximum Gasteiger partial charge on any atom is 0.244 e. The fourth-order valence-electron chi connectivity index (χ4n) is 1.60. The highest BCUT2D eigenvalue weighted by atomic mass is 16.2. The second-order valence-corrected chi connectivity index (χ2v) is 4.50. The molecule has 1 rings (SSSR count). The molecule has 0 aliphatic carbocycles. The van der Waals surface area contributed by atoms with Gasteiger partial charge in [-0.3, -0.25) is 4.79 Å². The van der Waals surface area contributed by atoms with Gasteiger partial charge in [0.1, 0.15) is 0 Å². The van der Waals surface area contributed by atoms with Gasteiger partial charge in [-0.25, -0.2) is 0 Å². The van der Waals surface area contributed by atoms with E-state index in [2.05, 4.69) is 6.07 Å². The molecule has 0 heterocycles. The molecule has 0 spiro atoms. The average Bonchev–Trinajstić information content (AvgIpc) is 2.39. The molecule has 0 radical (unpaired) electrons. The summed E-state index contributed by atoms with van der Waals surface area (Å²) < 4.78 is 0. The van der Waals surface area contributed by atoms with Crippen LogP contribution in [0.25, 0.3) is 0 Å². The van der Waals surface area contributed by atoms with Crippen LogP contribution in [0.2, 0.25) is 0 Å². The summed E-state index contributed by atoms with van der Waals surface area (Å²) >= 11 is 0. The molecular weight excluding hydrogens is 226 g/mol. The fourth-order valence-corrected chi connectivity index (χ4v) is 1.60. The van der Waals surface area contributed by atoms with Crippen LogP contribution >= 0.6 is 0 Å². The molecule has 18 heavy (non-hydrogen) atoms. The summed E-state index contributed by atoms with van der Waals surface area (Å²) in [6, 6.07) is 10.8. The highest BCUT2D eigenvalue weighted by Gasteiger charge is 2.24. The molecule has 0 aliphatic rings. The smallest absolute Gasteiger partial charge is 0.244 e. The maximum atomic E-state index is 12.3. The van der Waals surface area contributed by atoms with E-state index in [0.717, 1.165) is 5.69 Å². The van der Waals surface area contributed by atoms with E-state index in [-0.39, 0.29) is 11.8 Å². The summed E-state index contributed by atoms with van der Waals surface area (Å²) in [6.07, 6.45) is 0.297. The predicted octanol–water partition coefficient (Wildman–Crippen LogP) is 1.92. The largest absolute Gasteiger partial charge is 0.320 e. The number of nitriles is 1. The Balaban J connectivity index is 2.92. The van der Waals surface area contributed by atoms with Gasteiger partial charge in [0.15, 0.2) is 0 Å². The summed E-state index contributed by atoms with van der Waals surface area (Å²) in [5, 5.41) is 8.67. The van der Waals surface area contributed by atoms with Crippen molar-refractivity contribution >= 4 is 11.6 Å². The first-order valence-corrected chi connectivity index (χ1v) is 6.07. The molecule has 96 valence electrons. The highest BCUT2D eigenvalue weighted by Crippen LogP contribution is 2.16. The first kappa shape index (κ1) is 14.2. The third kappa shape index (κ3) is 3.57. The number of carbonyl (C=O) groups excluding carboxylic acids is 1. The summed E-state index contributed by atoms with van der Waals surface area (Å²) in [6.45, 7) is 4.20. The number of hydrogen-bond donors (Lipinski definition) is 1. The van der Waals surface area contributed by atoms with Crippen molar-refractivity contribution in [2.75, 3.05) is 11.4 Å². The molecule has 1 aromatic carbocycles. The van der Waals surface area contributed by atoms with E-state index in [4.69, 9.17) is 11.0 Å². The van der Waals surface area contributed by atoms with E-state index >= 15 is 0 Å². The van der Waals surface area contributed by atoms with E-state index in [1.165, 1.54) is 0 Å². The topological polar surface area (TPSA) is 70.1 Å². The van der Waals surface area contributed by atoms with Gasteiger partial charge in [-0.05, 0) is 18.1 Å². The first-order chi connectivity index (χ1) is 8.57. The Morgan fingerprint density at radius 2 is 2.00 bits per heavy atom. The summed E-state index contributed by atoms with van der Waals surface area (Å²) in [5.74, 6) is -0.0581. The number of amides is 1. The number of para-hydroxylation sites is 1. The van der Waals surface area contributed by atoms with Crippen molar-refractivity contribution < 1.29 is 4.79 Å². The van der Waals surface area contributed by atoms with Crippen LogP contribution in [0, 0.1) is 17.2 Å². The van der Waals surface area contributed by atoms with Crippen molar-refractivity contribution in [2.45, 2.75) is 26.3 Å². The number of nitrogens with two attached hydrogens (primary N) is 1. The number of rotatable bonds is 5. The Hall–Kier alpha value is -1.86. The molecule has 1 aromatic rings. The van der Waals surface area contributed by atoms with Gasteiger partial charge in [-0.1, -0.05) is 32.0 Å². The van der Waals surface area contributed by atoms with Crippen molar-refractivity contribution in [2.24, 2.45) is 11.7 Å². The molecule has 0 aliphatic heterocycles. The highest BCUT2D eigenvalue weighted by molar-refractivity contribution is 5.97. The van der Waals surface area contributed by atoms with Crippen molar-refractivity contribution in [1.29, 1.82) is 5.26 Å². The van der Waals surface area contributed by atoms with Gasteiger partial charge in [0.25, 0.3) is 0 Å². The zero-order valence-electron chi connectivity index (χ0n) is 10.8. The molecule has 2 N–H and O–H groups in total. The quantitative estimate of drug-likeness (QED) is 0.861. The monoisotopic (exact) mass is 245 g/mol. The first-order valence-electron chi connectivity index (χ1n) is 6.07. The SMILES string of the molecule is CC(C)[C@H](N)C(=O)N(CCC#N)c1ccccc1. The van der Waals surface area contributed by atoms with Crippen molar-refractivity contribution in [3.8, 4) is 6.07 Å². The van der Waals surface area contributed by atoms with Crippen LogP contribution in [-0.2, 0) is 4.79 Å². The van der Waals surface area contributed by atoms with Gasteiger partial charge in [0, 0.05) is 12.2 Å². The third-order valence-corrected chi connectivity index (χ3v) is 2.78. The van der Waals surface area contributed by atoms with Crippen molar-refractivity contribution in [3.05, 3.63) is 30.3 Å². The van der Waals surface area contributed by atoms with Crippen LogP contribution in [0.5, 0.6) is 0 Å². The molecule has 1 atom stereocenters. The standard InChI is InChI=1S/C14H19N3O/c1-11(2)13(16)14(18)17(10-6-9-15)12-7-4-3-5-8-12/h3-5,7-8,11,13H,6,10,16H2,1-2H3/t13-/m0/s1. The predicted molar refractivity (Wildman–Crippen MR) is 71.8 cm³/mol. The minimum Gasteiger partial charge on any atom is -0.320 e. The Labute approximate surface area is 108 Å². The molecule has 4 heteroatoms. The Morgan fingerprint density at radius 1 is 1.39 bits per heavy atom. The molecular formula is C14H19N3O. The van der Waals surface area contributed by atoms with Gasteiger partial charge in [0.05, 0.1) is 18.5 Å². The van der Waals surface area contributed by atoms with Gasteiger partial charge in [-0.15, -0.1) is 0 Å². The van der Waals surface area contributed by atoms with Gasteiger partial charge in [0.2, 0.25) is 5.91 Å². The molecule has 1 amide bonds. The minimum absolute atomic E-state index is 0.0748. The normalized spacial score (nSPS) is 11.9. The lowest BCUT2D eigenvalue weighted by Crippen LogP contribution is -2.47. The lowest BCUT2D eigenvalue weighted by atomic mass is 10.0. The summed E-state index contributed by atoms with van der Waals surface area (Å²) in [7, 11) is 0. The number of carbonyl (C=O) groups is 1. The van der Waals surface area contributed by atoms with Crippen LogP contribution in [0.15, 0.2) is 30.3 Å². The second kappa shape index (κ2) is 6.77. The van der Waals surface area contributed by atoms with E-state index in [0.29, 0.717) is 13.0 Å². The molecule has 0 saturated carbocycles. The van der Waals surface area contributed by atoms with E-state index < -0.39 is 6.04 Å². The average molecular weight is 245 g/mol. The molecule has 0 fully saturated rings. The van der Waals surface area contributed by atoms with Crippen molar-refractivity contribution in [3.63, 3.8) is 0 Å². The Bertz CT molecular complexity index is 422. The second-order valence-electron chi connectivity index (χ2n) is 4.50. The van der Waals surface area contributed by atoms with Gasteiger partial charge >= 0.3 is 0 Å². The van der Waals surface area contributed by atoms with E-state index in [9.17, 15) is 4.79 Å². The third-order valence-electron chi connectivity index (χ3n) is 2.78. The minimum atomic E-state index is -0.538. The van der Waals surface area contributed by atoms with Crippen LogP contribution in [-0.4, -0.2) is 18.5 Å². The Kier molecular flexibility index (Phi) is 5.34. The van der Waals surface area contributed by atoms with Crippen LogP contribution in [0.4, 0.5) is 5.69 Å². The van der Waals surface area contributed by atoms with Crippen LogP contribution in [0.3, 0.4) is 0 Å². The maximum absolute atomic E-state index is 12.3. The fraction of sp³-hybridized carbons (Fsp3) is 0.429.